The fourth-order valence-corrected chi connectivity index (χ4v) is 2.30. The van der Waals surface area contributed by atoms with Crippen LogP contribution in [-0.4, -0.2) is 25.2 Å². The van der Waals surface area contributed by atoms with Gasteiger partial charge in [0, 0.05) is 5.70 Å². The van der Waals surface area contributed by atoms with Crippen molar-refractivity contribution in [2.24, 2.45) is 0 Å². The van der Waals surface area contributed by atoms with E-state index in [0.717, 1.165) is 0 Å². The van der Waals surface area contributed by atoms with Crippen LogP contribution in [0.4, 0.5) is 4.79 Å². The van der Waals surface area contributed by atoms with E-state index in [4.69, 9.17) is 14.7 Å². The van der Waals surface area contributed by atoms with Crippen LogP contribution in [0, 0.1) is 11.3 Å². The van der Waals surface area contributed by atoms with Gasteiger partial charge in [-0.1, -0.05) is 12.1 Å². The second-order valence-corrected chi connectivity index (χ2v) is 4.81. The zero-order chi connectivity index (χ0) is 16.8. The summed E-state index contributed by atoms with van der Waals surface area (Å²) in [4.78, 5) is 23.9. The highest BCUT2D eigenvalue weighted by Crippen LogP contribution is 2.28. The first kappa shape index (κ1) is 16.4. The number of esters is 1. The summed E-state index contributed by atoms with van der Waals surface area (Å²) >= 11 is 0. The van der Waals surface area contributed by atoms with Crippen molar-refractivity contribution >= 4 is 12.0 Å². The van der Waals surface area contributed by atoms with Gasteiger partial charge in [0.25, 0.3) is 0 Å². The van der Waals surface area contributed by atoms with Gasteiger partial charge in [0.05, 0.1) is 18.2 Å². The smallest absolute Gasteiger partial charge is 0.338 e. The molecule has 1 heterocycles. The van der Waals surface area contributed by atoms with Crippen molar-refractivity contribution in [3.63, 3.8) is 0 Å². The molecule has 2 rings (SSSR count). The van der Waals surface area contributed by atoms with Crippen LogP contribution in [0.5, 0.6) is 5.75 Å². The van der Waals surface area contributed by atoms with Crippen molar-refractivity contribution in [3.05, 3.63) is 41.1 Å². The maximum Gasteiger partial charge on any atom is 0.338 e. The van der Waals surface area contributed by atoms with Gasteiger partial charge in [-0.05, 0) is 31.5 Å². The summed E-state index contributed by atoms with van der Waals surface area (Å²) in [6, 6.07) is 7.72. The summed E-state index contributed by atoms with van der Waals surface area (Å²) in [6.45, 7) is 3.58. The Morgan fingerprint density at radius 1 is 1.35 bits per heavy atom. The van der Waals surface area contributed by atoms with Crippen molar-refractivity contribution in [2.45, 2.75) is 19.9 Å². The molecule has 2 amide bonds. The molecular weight excluding hydrogens is 298 g/mol. The molecule has 1 aliphatic rings. The molecule has 1 aromatic carbocycles. The normalized spacial score (nSPS) is 16.9. The van der Waals surface area contributed by atoms with Crippen LogP contribution in [0.25, 0.3) is 0 Å². The molecular formula is C16H17N3O4. The highest BCUT2D eigenvalue weighted by atomic mass is 16.5. The highest BCUT2D eigenvalue weighted by molar-refractivity contribution is 5.95. The minimum Gasteiger partial charge on any atom is -0.479 e. The molecule has 0 radical (unpaired) electrons. The Kier molecular flexibility index (Phi) is 5.20. The van der Waals surface area contributed by atoms with Gasteiger partial charge < -0.3 is 20.1 Å². The third-order valence-corrected chi connectivity index (χ3v) is 3.28. The van der Waals surface area contributed by atoms with Gasteiger partial charge in [-0.2, -0.15) is 5.26 Å². The fraction of sp³-hybridized carbons (Fsp3) is 0.312. The Balaban J connectivity index is 2.30. The Hall–Kier alpha value is -3.01. The van der Waals surface area contributed by atoms with Crippen LogP contribution in [0.2, 0.25) is 0 Å². The van der Waals surface area contributed by atoms with E-state index < -0.39 is 12.0 Å². The second kappa shape index (κ2) is 7.31. The molecule has 0 saturated carbocycles. The number of nitriles is 1. The summed E-state index contributed by atoms with van der Waals surface area (Å²) in [7, 11) is 0. The van der Waals surface area contributed by atoms with Crippen molar-refractivity contribution < 1.29 is 19.1 Å². The third kappa shape index (κ3) is 3.80. The number of hydrogen-bond acceptors (Lipinski definition) is 5. The maximum absolute atomic E-state index is 12.2. The van der Waals surface area contributed by atoms with Crippen LogP contribution >= 0.6 is 0 Å². The number of allylic oxidation sites excluding steroid dienone is 1. The van der Waals surface area contributed by atoms with Crippen LogP contribution in [0.1, 0.15) is 25.5 Å². The van der Waals surface area contributed by atoms with Crippen LogP contribution in [0.15, 0.2) is 35.5 Å². The third-order valence-electron chi connectivity index (χ3n) is 3.28. The average Bonchev–Trinajstić information content (AvgIpc) is 2.52. The van der Waals surface area contributed by atoms with Gasteiger partial charge >= 0.3 is 12.0 Å². The average molecular weight is 315 g/mol. The van der Waals surface area contributed by atoms with Gasteiger partial charge in [-0.25, -0.2) is 9.59 Å². The molecule has 7 heteroatoms. The first-order valence-corrected chi connectivity index (χ1v) is 7.12. The fourth-order valence-electron chi connectivity index (χ4n) is 2.30. The number of benzene rings is 1. The van der Waals surface area contributed by atoms with Crippen molar-refractivity contribution in [3.8, 4) is 11.8 Å². The molecule has 0 fully saturated rings. The Bertz CT molecular complexity index is 674. The second-order valence-electron chi connectivity index (χ2n) is 4.81. The Labute approximate surface area is 133 Å². The van der Waals surface area contributed by atoms with Crippen LogP contribution < -0.4 is 15.4 Å². The number of carbonyl (C=O) groups is 2. The number of urea groups is 1. The van der Waals surface area contributed by atoms with Crippen LogP contribution in [0.3, 0.4) is 0 Å². The Morgan fingerprint density at radius 3 is 2.65 bits per heavy atom. The lowest BCUT2D eigenvalue weighted by atomic mass is 9.95. The first-order valence-electron chi connectivity index (χ1n) is 7.12. The minimum atomic E-state index is -0.604. The standard InChI is InChI=1S/C16H17N3O4/c1-3-22-15(20)13-10(2)18-16(21)19-14(13)11-4-6-12(7-5-11)23-9-8-17/h4-7,14H,3,9H2,1-2H3,(H2,18,19,21)/t14-/m0/s1. The number of ether oxygens (including phenoxy) is 2. The Morgan fingerprint density at radius 2 is 2.04 bits per heavy atom. The molecule has 23 heavy (non-hydrogen) atoms. The predicted octanol–water partition coefficient (Wildman–Crippen LogP) is 1.78. The zero-order valence-corrected chi connectivity index (χ0v) is 12.9. The van der Waals surface area contributed by atoms with E-state index >= 15 is 0 Å². The maximum atomic E-state index is 12.2. The van der Waals surface area contributed by atoms with Gasteiger partial charge in [0.15, 0.2) is 6.61 Å². The molecule has 120 valence electrons. The van der Waals surface area contributed by atoms with E-state index in [-0.39, 0.29) is 19.2 Å². The summed E-state index contributed by atoms with van der Waals surface area (Å²) in [5.74, 6) is 0.0567. The largest absolute Gasteiger partial charge is 0.479 e. The number of hydrogen-bond donors (Lipinski definition) is 2. The van der Waals surface area contributed by atoms with Gasteiger partial charge in [-0.3, -0.25) is 0 Å². The number of nitrogens with zero attached hydrogens (tertiary/aromatic N) is 1. The summed E-state index contributed by atoms with van der Waals surface area (Å²) in [5.41, 5.74) is 1.53. The molecule has 0 unspecified atom stereocenters. The molecule has 1 aromatic rings. The van der Waals surface area contributed by atoms with Crippen molar-refractivity contribution in [1.82, 2.24) is 10.6 Å². The van der Waals surface area contributed by atoms with E-state index in [2.05, 4.69) is 10.6 Å². The molecule has 2 N–H and O–H groups in total. The SMILES string of the molecule is CCOC(=O)C1=C(C)NC(=O)N[C@H]1c1ccc(OCC#N)cc1. The number of amides is 2. The van der Waals surface area contributed by atoms with E-state index in [1.165, 1.54) is 0 Å². The predicted molar refractivity (Wildman–Crippen MR) is 81.3 cm³/mol. The molecule has 1 atom stereocenters. The molecule has 0 aliphatic carbocycles. The molecule has 0 saturated heterocycles. The van der Waals surface area contributed by atoms with E-state index in [9.17, 15) is 9.59 Å². The monoisotopic (exact) mass is 315 g/mol. The molecule has 7 nitrogen and oxygen atoms in total. The molecule has 0 bridgehead atoms. The highest BCUT2D eigenvalue weighted by Gasteiger charge is 2.31. The van der Waals surface area contributed by atoms with Crippen molar-refractivity contribution in [2.75, 3.05) is 13.2 Å². The minimum absolute atomic E-state index is 0.0451. The van der Waals surface area contributed by atoms with E-state index in [1.807, 2.05) is 6.07 Å². The lowest BCUT2D eigenvalue weighted by Crippen LogP contribution is -2.45. The number of carbonyl (C=O) groups excluding carboxylic acids is 2. The van der Waals surface area contributed by atoms with E-state index in [0.29, 0.717) is 22.6 Å². The quantitative estimate of drug-likeness (QED) is 0.807. The van der Waals surface area contributed by atoms with Gasteiger partial charge in [-0.15, -0.1) is 0 Å². The first-order chi connectivity index (χ1) is 11.1. The number of nitrogens with one attached hydrogen (secondary N) is 2. The van der Waals surface area contributed by atoms with Crippen molar-refractivity contribution in [1.29, 1.82) is 5.26 Å². The molecule has 0 aromatic heterocycles. The van der Waals surface area contributed by atoms with Crippen LogP contribution in [-0.2, 0) is 9.53 Å². The zero-order valence-electron chi connectivity index (χ0n) is 12.9. The number of rotatable bonds is 5. The molecule has 1 aliphatic heterocycles. The lowest BCUT2D eigenvalue weighted by Gasteiger charge is -2.28. The summed E-state index contributed by atoms with van der Waals surface area (Å²) in [6.07, 6.45) is 0. The lowest BCUT2D eigenvalue weighted by molar-refractivity contribution is -0.139. The van der Waals surface area contributed by atoms with E-state index in [1.54, 1.807) is 38.1 Å². The molecule has 0 spiro atoms. The summed E-state index contributed by atoms with van der Waals surface area (Å²) < 4.78 is 10.3. The summed E-state index contributed by atoms with van der Waals surface area (Å²) in [5, 5.41) is 13.8. The van der Waals surface area contributed by atoms with Gasteiger partial charge in [0.2, 0.25) is 0 Å². The topological polar surface area (TPSA) is 100 Å². The van der Waals surface area contributed by atoms with Gasteiger partial charge in [0.1, 0.15) is 11.8 Å².